The Labute approximate surface area is 211 Å². The zero-order chi connectivity index (χ0) is 27.1. The normalized spacial score (nSPS) is 11.1. The molecule has 0 aliphatic rings. The average molecular weight is 464 g/mol. The molecule has 33 heavy (non-hydrogen) atoms. The van der Waals surface area contributed by atoms with Gasteiger partial charge in [0.2, 0.25) is 0 Å². The molecule has 0 bridgehead atoms. The standard InChI is InChI=1S/3C6H11N.2C6H14/c2*1-3-4-6(2)5-7;1-3-6(4-2)5-7;1-5-6(2,3)4;1-3-5-6-4-2/h3*6H,3-4H2,1-2H3;5H2,1-4H3;3-6H2,1-2H3. The Morgan fingerprint density at radius 1 is 0.576 bits per heavy atom. The van der Waals surface area contributed by atoms with Gasteiger partial charge in [0, 0.05) is 17.8 Å². The second-order valence-corrected chi connectivity index (χ2v) is 9.90. The minimum absolute atomic E-state index is 0.255. The molecule has 0 aromatic carbocycles. The molecule has 3 nitrogen and oxygen atoms in total. The summed E-state index contributed by atoms with van der Waals surface area (Å²) < 4.78 is 0. The van der Waals surface area contributed by atoms with Crippen molar-refractivity contribution < 1.29 is 0 Å². The molecule has 0 spiro atoms. The van der Waals surface area contributed by atoms with Crippen molar-refractivity contribution in [2.45, 2.75) is 154 Å². The first kappa shape index (κ1) is 41.7. The summed E-state index contributed by atoms with van der Waals surface area (Å²) >= 11 is 0. The largest absolute Gasteiger partial charge is 0.198 e. The molecule has 3 heteroatoms. The third kappa shape index (κ3) is 58.9. The number of rotatable bonds is 9. The van der Waals surface area contributed by atoms with Crippen LogP contribution in [0.5, 0.6) is 0 Å². The first-order valence-corrected chi connectivity index (χ1v) is 13.6. The lowest BCUT2D eigenvalue weighted by Crippen LogP contribution is -2.00. The molecule has 0 saturated carbocycles. The maximum atomic E-state index is 8.28. The minimum Gasteiger partial charge on any atom is -0.198 e. The maximum Gasteiger partial charge on any atom is 0.0655 e. The fourth-order valence-electron chi connectivity index (χ4n) is 1.97. The molecule has 2 unspecified atom stereocenters. The van der Waals surface area contributed by atoms with Crippen molar-refractivity contribution in [3.05, 3.63) is 0 Å². The van der Waals surface area contributed by atoms with E-state index in [4.69, 9.17) is 15.8 Å². The van der Waals surface area contributed by atoms with Crippen molar-refractivity contribution in [1.29, 1.82) is 15.8 Å². The summed E-state index contributed by atoms with van der Waals surface area (Å²) in [7, 11) is 0. The highest BCUT2D eigenvalue weighted by molar-refractivity contribution is 4.79. The van der Waals surface area contributed by atoms with Crippen molar-refractivity contribution in [3.8, 4) is 18.2 Å². The molecule has 0 rings (SSSR count). The van der Waals surface area contributed by atoms with Crippen LogP contribution in [0, 0.1) is 57.2 Å². The van der Waals surface area contributed by atoms with Crippen LogP contribution in [0.25, 0.3) is 0 Å². The van der Waals surface area contributed by atoms with Gasteiger partial charge in [-0.05, 0) is 44.9 Å². The van der Waals surface area contributed by atoms with Gasteiger partial charge in [-0.3, -0.25) is 0 Å². The molecule has 196 valence electrons. The maximum absolute atomic E-state index is 8.28. The van der Waals surface area contributed by atoms with Crippen molar-refractivity contribution >= 4 is 0 Å². The van der Waals surface area contributed by atoms with Crippen LogP contribution in [0.2, 0.25) is 0 Å². The third-order valence-corrected chi connectivity index (χ3v) is 5.07. The van der Waals surface area contributed by atoms with Gasteiger partial charge in [-0.25, -0.2) is 0 Å². The van der Waals surface area contributed by atoms with Gasteiger partial charge < -0.3 is 0 Å². The SMILES string of the molecule is CCC(C#N)CC.CCC(C)(C)C.CCCC(C)C#N.CCCC(C)C#N.CCCCCC. The van der Waals surface area contributed by atoms with Crippen LogP contribution < -0.4 is 0 Å². The van der Waals surface area contributed by atoms with E-state index >= 15 is 0 Å². The molecule has 0 aliphatic heterocycles. The molecule has 0 N–H and O–H groups in total. The van der Waals surface area contributed by atoms with Crippen LogP contribution in [0.1, 0.15) is 154 Å². The van der Waals surface area contributed by atoms with Gasteiger partial charge in [0.05, 0.1) is 18.2 Å². The Kier molecular flexibility index (Phi) is 44.3. The number of nitriles is 3. The van der Waals surface area contributed by atoms with Crippen LogP contribution in [0.15, 0.2) is 0 Å². The minimum atomic E-state index is 0.255. The van der Waals surface area contributed by atoms with E-state index in [2.05, 4.69) is 73.6 Å². The topological polar surface area (TPSA) is 71.4 Å². The third-order valence-electron chi connectivity index (χ3n) is 5.07. The highest BCUT2D eigenvalue weighted by Crippen LogP contribution is 2.16. The molecule has 0 amide bonds. The van der Waals surface area contributed by atoms with E-state index in [0.29, 0.717) is 11.3 Å². The molecule has 0 fully saturated rings. The molecular formula is C30H61N3. The van der Waals surface area contributed by atoms with E-state index in [1.165, 1.54) is 32.1 Å². The quantitative estimate of drug-likeness (QED) is 0.319. The highest BCUT2D eigenvalue weighted by atomic mass is 14.3. The van der Waals surface area contributed by atoms with E-state index in [0.717, 1.165) is 38.5 Å². The number of nitrogens with zero attached hydrogens (tertiary/aromatic N) is 3. The van der Waals surface area contributed by atoms with Crippen molar-refractivity contribution in [1.82, 2.24) is 0 Å². The molecule has 0 saturated heterocycles. The van der Waals surface area contributed by atoms with Crippen LogP contribution in [-0.4, -0.2) is 0 Å². The average Bonchev–Trinajstić information content (AvgIpc) is 2.80. The molecule has 2 atom stereocenters. The van der Waals surface area contributed by atoms with Gasteiger partial charge in [-0.2, -0.15) is 15.8 Å². The first-order valence-electron chi connectivity index (χ1n) is 13.6. The van der Waals surface area contributed by atoms with Gasteiger partial charge in [-0.1, -0.05) is 114 Å². The van der Waals surface area contributed by atoms with Crippen LogP contribution in [0.3, 0.4) is 0 Å². The summed E-state index contributed by atoms with van der Waals surface area (Å²) in [6.07, 6.45) is 13.1. The van der Waals surface area contributed by atoms with Gasteiger partial charge >= 0.3 is 0 Å². The smallest absolute Gasteiger partial charge is 0.0655 e. The van der Waals surface area contributed by atoms with Crippen molar-refractivity contribution in [2.24, 2.45) is 23.2 Å². The predicted molar refractivity (Wildman–Crippen MR) is 149 cm³/mol. The Bertz CT molecular complexity index is 427. The number of hydrogen-bond donors (Lipinski definition) is 0. The zero-order valence-corrected chi connectivity index (χ0v) is 24.9. The molecule has 0 aromatic heterocycles. The molecule has 0 aliphatic carbocycles. The van der Waals surface area contributed by atoms with E-state index in [9.17, 15) is 0 Å². The fourth-order valence-corrected chi connectivity index (χ4v) is 1.97. The van der Waals surface area contributed by atoms with E-state index in [1.807, 2.05) is 27.7 Å². The first-order chi connectivity index (χ1) is 15.4. The van der Waals surface area contributed by atoms with Gasteiger partial charge in [-0.15, -0.1) is 0 Å². The highest BCUT2D eigenvalue weighted by Gasteiger charge is 2.03. The number of hydrogen-bond acceptors (Lipinski definition) is 3. The second-order valence-electron chi connectivity index (χ2n) is 9.90. The lowest BCUT2D eigenvalue weighted by molar-refractivity contribution is 0.398. The van der Waals surface area contributed by atoms with Crippen molar-refractivity contribution in [3.63, 3.8) is 0 Å². The Morgan fingerprint density at radius 3 is 0.939 bits per heavy atom. The Balaban J connectivity index is -0.0000000992. The van der Waals surface area contributed by atoms with Crippen LogP contribution >= 0.6 is 0 Å². The van der Waals surface area contributed by atoms with E-state index < -0.39 is 0 Å². The van der Waals surface area contributed by atoms with Crippen LogP contribution in [0.4, 0.5) is 0 Å². The van der Waals surface area contributed by atoms with Gasteiger partial charge in [0.15, 0.2) is 0 Å². The summed E-state index contributed by atoms with van der Waals surface area (Å²) in [5.74, 6) is 0.801. The monoisotopic (exact) mass is 463 g/mol. The summed E-state index contributed by atoms with van der Waals surface area (Å²) in [6, 6.07) is 6.53. The zero-order valence-electron chi connectivity index (χ0n) is 24.9. The summed E-state index contributed by atoms with van der Waals surface area (Å²) in [5, 5.41) is 24.7. The number of unbranched alkanes of at least 4 members (excludes halogenated alkanes) is 3. The van der Waals surface area contributed by atoms with Crippen LogP contribution in [-0.2, 0) is 0 Å². The summed E-state index contributed by atoms with van der Waals surface area (Å²) in [5.41, 5.74) is 0.542. The second kappa shape index (κ2) is 35.1. The van der Waals surface area contributed by atoms with Gasteiger partial charge in [0.1, 0.15) is 0 Å². The lowest BCUT2D eigenvalue weighted by atomic mass is 9.94. The molecule has 0 radical (unpaired) electrons. The predicted octanol–water partition coefficient (Wildman–Crippen LogP) is 10.9. The van der Waals surface area contributed by atoms with E-state index in [1.54, 1.807) is 0 Å². The van der Waals surface area contributed by atoms with Crippen molar-refractivity contribution in [2.75, 3.05) is 0 Å². The molecule has 0 aromatic rings. The lowest BCUT2D eigenvalue weighted by Gasteiger charge is -2.12. The van der Waals surface area contributed by atoms with E-state index in [-0.39, 0.29) is 11.8 Å². The molecular weight excluding hydrogens is 402 g/mol. The Morgan fingerprint density at radius 2 is 0.879 bits per heavy atom. The molecule has 0 heterocycles. The fraction of sp³-hybridized carbons (Fsp3) is 0.900. The van der Waals surface area contributed by atoms with Gasteiger partial charge in [0.25, 0.3) is 0 Å². The summed E-state index contributed by atoms with van der Waals surface area (Å²) in [4.78, 5) is 0. The summed E-state index contributed by atoms with van der Waals surface area (Å²) in [6.45, 7) is 25.6. The Hall–Kier alpha value is -1.53.